The van der Waals surface area contributed by atoms with Crippen molar-refractivity contribution in [3.05, 3.63) is 18.2 Å². The number of ether oxygens (including phenoxy) is 1. The lowest BCUT2D eigenvalue weighted by molar-refractivity contribution is 0.131. The monoisotopic (exact) mass is 250 g/mol. The van der Waals surface area contributed by atoms with Gasteiger partial charge in [0.05, 0.1) is 24.7 Å². The molecule has 0 aromatic carbocycles. The van der Waals surface area contributed by atoms with Gasteiger partial charge in [0.15, 0.2) is 0 Å². The Kier molecular flexibility index (Phi) is 3.63. The zero-order valence-corrected chi connectivity index (χ0v) is 10.8. The van der Waals surface area contributed by atoms with E-state index >= 15 is 0 Å². The first-order chi connectivity index (χ1) is 8.90. The summed E-state index contributed by atoms with van der Waals surface area (Å²) in [5.74, 6) is 0. The van der Waals surface area contributed by atoms with Crippen LogP contribution in [0.25, 0.3) is 0 Å². The average molecular weight is 250 g/mol. The van der Waals surface area contributed by atoms with E-state index in [-0.39, 0.29) is 6.04 Å². The number of nitrogens with two attached hydrogens (primary N) is 1. The molecule has 2 fully saturated rings. The van der Waals surface area contributed by atoms with E-state index in [1.165, 1.54) is 18.5 Å². The zero-order chi connectivity index (χ0) is 12.4. The largest absolute Gasteiger partial charge is 0.380 e. The molecule has 2 aliphatic rings. The Morgan fingerprint density at radius 3 is 3.06 bits per heavy atom. The summed E-state index contributed by atoms with van der Waals surface area (Å²) in [4.78, 5) is 6.77. The van der Waals surface area contributed by atoms with E-state index in [0.717, 1.165) is 32.7 Å². The first kappa shape index (κ1) is 12.1. The molecular weight excluding hydrogens is 228 g/mol. The summed E-state index contributed by atoms with van der Waals surface area (Å²) < 4.78 is 7.84. The quantitative estimate of drug-likeness (QED) is 0.864. The van der Waals surface area contributed by atoms with Crippen molar-refractivity contribution in [1.29, 1.82) is 0 Å². The van der Waals surface area contributed by atoms with Crippen molar-refractivity contribution in [2.45, 2.75) is 31.3 Å². The molecule has 100 valence electrons. The summed E-state index contributed by atoms with van der Waals surface area (Å²) in [7, 11) is 0. The molecule has 0 spiro atoms. The maximum absolute atomic E-state index is 6.01. The van der Waals surface area contributed by atoms with Gasteiger partial charge < -0.3 is 15.0 Å². The minimum absolute atomic E-state index is 0.287. The van der Waals surface area contributed by atoms with Gasteiger partial charge in [-0.3, -0.25) is 4.90 Å². The third-order valence-corrected chi connectivity index (χ3v) is 3.90. The second kappa shape index (κ2) is 5.38. The first-order valence-corrected chi connectivity index (χ1v) is 6.93. The third kappa shape index (κ3) is 2.43. The van der Waals surface area contributed by atoms with Crippen LogP contribution in [0.15, 0.2) is 12.5 Å². The van der Waals surface area contributed by atoms with Crippen molar-refractivity contribution >= 4 is 0 Å². The lowest BCUT2D eigenvalue weighted by Crippen LogP contribution is -2.36. The van der Waals surface area contributed by atoms with E-state index in [0.29, 0.717) is 12.6 Å². The van der Waals surface area contributed by atoms with Gasteiger partial charge in [0, 0.05) is 38.5 Å². The fourth-order valence-electron chi connectivity index (χ4n) is 2.76. The van der Waals surface area contributed by atoms with Crippen LogP contribution >= 0.6 is 0 Å². The van der Waals surface area contributed by atoms with Gasteiger partial charge in [-0.2, -0.15) is 0 Å². The van der Waals surface area contributed by atoms with Crippen LogP contribution in [0.4, 0.5) is 0 Å². The summed E-state index contributed by atoms with van der Waals surface area (Å²) >= 11 is 0. The lowest BCUT2D eigenvalue weighted by atomic mass is 10.1. The number of aromatic nitrogens is 2. The van der Waals surface area contributed by atoms with Crippen molar-refractivity contribution in [3.8, 4) is 0 Å². The molecule has 1 saturated carbocycles. The van der Waals surface area contributed by atoms with Crippen molar-refractivity contribution in [1.82, 2.24) is 14.5 Å². The zero-order valence-electron chi connectivity index (χ0n) is 10.8. The van der Waals surface area contributed by atoms with Crippen molar-refractivity contribution in [3.63, 3.8) is 0 Å². The summed E-state index contributed by atoms with van der Waals surface area (Å²) in [6, 6.07) is 0.953. The number of rotatable bonds is 4. The topological polar surface area (TPSA) is 56.3 Å². The van der Waals surface area contributed by atoms with Crippen molar-refractivity contribution in [2.24, 2.45) is 5.73 Å². The Labute approximate surface area is 108 Å². The van der Waals surface area contributed by atoms with Gasteiger partial charge in [-0.15, -0.1) is 0 Å². The Balaban J connectivity index is 1.79. The van der Waals surface area contributed by atoms with E-state index in [9.17, 15) is 0 Å². The van der Waals surface area contributed by atoms with Gasteiger partial charge in [-0.05, 0) is 19.3 Å². The molecule has 0 amide bonds. The molecule has 0 radical (unpaired) electrons. The van der Waals surface area contributed by atoms with Crippen LogP contribution in [-0.4, -0.2) is 47.3 Å². The Morgan fingerprint density at radius 2 is 2.28 bits per heavy atom. The number of hydrogen-bond acceptors (Lipinski definition) is 4. The van der Waals surface area contributed by atoms with Crippen LogP contribution in [-0.2, 0) is 4.74 Å². The van der Waals surface area contributed by atoms with E-state index in [1.54, 1.807) is 0 Å². The smallest absolute Gasteiger partial charge is 0.0951 e. The minimum atomic E-state index is 0.287. The van der Waals surface area contributed by atoms with Gasteiger partial charge in [-0.1, -0.05) is 0 Å². The number of hydrogen-bond donors (Lipinski definition) is 1. The normalized spacial score (nSPS) is 23.8. The van der Waals surface area contributed by atoms with E-state index < -0.39 is 0 Å². The molecule has 2 N–H and O–H groups in total. The summed E-state index contributed by atoms with van der Waals surface area (Å²) in [6.45, 7) is 4.37. The van der Waals surface area contributed by atoms with Crippen LogP contribution in [0.3, 0.4) is 0 Å². The highest BCUT2D eigenvalue weighted by atomic mass is 16.5. The van der Waals surface area contributed by atoms with Gasteiger partial charge >= 0.3 is 0 Å². The SMILES string of the molecule is NCC(c1cncn1C1CC1)N1CCCOCC1. The van der Waals surface area contributed by atoms with Gasteiger partial charge in [0.1, 0.15) is 0 Å². The number of nitrogens with zero attached hydrogens (tertiary/aromatic N) is 3. The summed E-state index contributed by atoms with van der Waals surface area (Å²) in [5, 5.41) is 0. The second-order valence-corrected chi connectivity index (χ2v) is 5.21. The molecule has 1 aromatic heterocycles. The van der Waals surface area contributed by atoms with E-state index in [4.69, 9.17) is 10.5 Å². The molecule has 1 saturated heterocycles. The van der Waals surface area contributed by atoms with E-state index in [1.807, 2.05) is 12.5 Å². The first-order valence-electron chi connectivity index (χ1n) is 6.93. The standard InChI is InChI=1S/C13H22N4O/c14-8-12(16-4-1-6-18-7-5-16)13-9-15-10-17(13)11-2-3-11/h9-12H,1-8,14H2. The fraction of sp³-hybridized carbons (Fsp3) is 0.769. The maximum Gasteiger partial charge on any atom is 0.0951 e. The van der Waals surface area contributed by atoms with E-state index in [2.05, 4.69) is 14.5 Å². The predicted octanol–water partition coefficient (Wildman–Crippen LogP) is 0.940. The highest BCUT2D eigenvalue weighted by Crippen LogP contribution is 2.37. The Hall–Kier alpha value is -0.910. The molecule has 1 aliphatic carbocycles. The van der Waals surface area contributed by atoms with Crippen LogP contribution in [0.1, 0.15) is 37.0 Å². The molecule has 1 aromatic rings. The van der Waals surface area contributed by atoms with Crippen LogP contribution in [0, 0.1) is 0 Å². The van der Waals surface area contributed by atoms with Gasteiger partial charge in [-0.25, -0.2) is 4.98 Å². The molecule has 1 atom stereocenters. The molecule has 5 heteroatoms. The summed E-state index contributed by atoms with van der Waals surface area (Å²) in [5.41, 5.74) is 7.29. The highest BCUT2D eigenvalue weighted by Gasteiger charge is 2.30. The van der Waals surface area contributed by atoms with Crippen molar-refractivity contribution in [2.75, 3.05) is 32.8 Å². The van der Waals surface area contributed by atoms with Crippen LogP contribution in [0.2, 0.25) is 0 Å². The summed E-state index contributed by atoms with van der Waals surface area (Å²) in [6.07, 6.45) is 7.60. The third-order valence-electron chi connectivity index (χ3n) is 3.90. The van der Waals surface area contributed by atoms with Gasteiger partial charge in [0.25, 0.3) is 0 Å². The number of imidazole rings is 1. The molecule has 1 aliphatic heterocycles. The Morgan fingerprint density at radius 1 is 1.39 bits per heavy atom. The molecule has 5 nitrogen and oxygen atoms in total. The second-order valence-electron chi connectivity index (χ2n) is 5.21. The van der Waals surface area contributed by atoms with Crippen molar-refractivity contribution < 1.29 is 4.74 Å². The fourth-order valence-corrected chi connectivity index (χ4v) is 2.76. The van der Waals surface area contributed by atoms with Crippen LogP contribution in [0.5, 0.6) is 0 Å². The molecule has 3 rings (SSSR count). The molecule has 18 heavy (non-hydrogen) atoms. The van der Waals surface area contributed by atoms with Gasteiger partial charge in [0.2, 0.25) is 0 Å². The molecule has 1 unspecified atom stereocenters. The van der Waals surface area contributed by atoms with Crippen LogP contribution < -0.4 is 5.73 Å². The minimum Gasteiger partial charge on any atom is -0.380 e. The Bertz CT molecular complexity index is 380. The molecule has 0 bridgehead atoms. The highest BCUT2D eigenvalue weighted by molar-refractivity contribution is 5.10. The maximum atomic E-state index is 6.01. The predicted molar refractivity (Wildman–Crippen MR) is 69.3 cm³/mol. The molecular formula is C13H22N4O. The molecule has 2 heterocycles. The average Bonchev–Trinajstić information content (AvgIpc) is 3.17. The lowest BCUT2D eigenvalue weighted by Gasteiger charge is -2.29.